The molecule has 0 aliphatic carbocycles. The third-order valence-corrected chi connectivity index (χ3v) is 2.62. The Morgan fingerprint density at radius 2 is 2.25 bits per heavy atom. The Morgan fingerprint density at radius 1 is 1.58 bits per heavy atom. The van der Waals surface area contributed by atoms with Gasteiger partial charge in [-0.25, -0.2) is 0 Å². The van der Waals surface area contributed by atoms with Crippen molar-refractivity contribution in [3.63, 3.8) is 0 Å². The maximum atomic E-state index is 11.4. The molecule has 0 aromatic rings. The van der Waals surface area contributed by atoms with Crippen molar-refractivity contribution in [2.75, 3.05) is 20.1 Å². The zero-order valence-corrected chi connectivity index (χ0v) is 8.34. The summed E-state index contributed by atoms with van der Waals surface area (Å²) in [7, 11) is 2.12. The molecule has 0 saturated carbocycles. The van der Waals surface area contributed by atoms with Crippen LogP contribution in [0.3, 0.4) is 0 Å². The molecule has 0 aromatic carbocycles. The van der Waals surface area contributed by atoms with Crippen LogP contribution in [0.5, 0.6) is 0 Å². The summed E-state index contributed by atoms with van der Waals surface area (Å²) in [5.74, 6) is 1.27. The smallest absolute Gasteiger partial charge is 0.135 e. The summed E-state index contributed by atoms with van der Waals surface area (Å²) in [5.41, 5.74) is 0. The van der Waals surface area contributed by atoms with E-state index >= 15 is 0 Å². The first-order chi connectivity index (χ1) is 5.59. The number of ketones is 1. The van der Waals surface area contributed by atoms with Crippen molar-refractivity contribution in [1.82, 2.24) is 4.90 Å². The molecule has 0 spiro atoms. The molecule has 0 unspecified atom stereocenters. The average Bonchev–Trinajstić information content (AvgIpc) is 2.35. The van der Waals surface area contributed by atoms with E-state index in [1.807, 2.05) is 13.8 Å². The molecule has 0 amide bonds. The van der Waals surface area contributed by atoms with Crippen molar-refractivity contribution in [3.05, 3.63) is 0 Å². The topological polar surface area (TPSA) is 20.3 Å². The number of likely N-dealkylation sites (tertiary alicyclic amines) is 1. The first kappa shape index (κ1) is 9.72. The first-order valence-corrected chi connectivity index (χ1v) is 4.81. The summed E-state index contributed by atoms with van der Waals surface area (Å²) < 4.78 is 0. The summed E-state index contributed by atoms with van der Waals surface area (Å²) in [6.45, 7) is 6.25. The van der Waals surface area contributed by atoms with Gasteiger partial charge in [0.1, 0.15) is 5.78 Å². The maximum absolute atomic E-state index is 11.4. The van der Waals surface area contributed by atoms with Crippen LogP contribution >= 0.6 is 0 Å². The van der Waals surface area contributed by atoms with Gasteiger partial charge in [0.05, 0.1) is 0 Å². The molecule has 70 valence electrons. The van der Waals surface area contributed by atoms with Crippen LogP contribution < -0.4 is 0 Å². The van der Waals surface area contributed by atoms with Gasteiger partial charge in [-0.15, -0.1) is 0 Å². The van der Waals surface area contributed by atoms with E-state index in [2.05, 4.69) is 11.9 Å². The van der Waals surface area contributed by atoms with E-state index in [1.165, 1.54) is 6.42 Å². The van der Waals surface area contributed by atoms with E-state index in [-0.39, 0.29) is 5.92 Å². The van der Waals surface area contributed by atoms with Gasteiger partial charge in [0.2, 0.25) is 0 Å². The Bertz CT molecular complexity index is 165. The maximum Gasteiger partial charge on any atom is 0.135 e. The predicted octanol–water partition coefficient (Wildman–Crippen LogP) is 1.55. The highest BCUT2D eigenvalue weighted by atomic mass is 16.1. The summed E-state index contributed by atoms with van der Waals surface area (Å²) in [6, 6.07) is 0. The lowest BCUT2D eigenvalue weighted by Gasteiger charge is -2.10. The van der Waals surface area contributed by atoms with E-state index in [1.54, 1.807) is 0 Å². The third kappa shape index (κ3) is 2.59. The lowest BCUT2D eigenvalue weighted by molar-refractivity contribution is -0.122. The molecule has 1 saturated heterocycles. The van der Waals surface area contributed by atoms with Gasteiger partial charge in [-0.1, -0.05) is 13.8 Å². The summed E-state index contributed by atoms with van der Waals surface area (Å²) in [5, 5.41) is 0. The summed E-state index contributed by atoms with van der Waals surface area (Å²) >= 11 is 0. The standard InChI is InChI=1S/C10H19NO/c1-8(2)10(12)6-9-4-5-11(3)7-9/h8-9H,4-7H2,1-3H3/t9-/m0/s1. The van der Waals surface area contributed by atoms with Gasteiger partial charge in [-0.3, -0.25) is 4.79 Å². The quantitative estimate of drug-likeness (QED) is 0.639. The normalized spacial score (nSPS) is 25.2. The van der Waals surface area contributed by atoms with Crippen molar-refractivity contribution in [2.45, 2.75) is 26.7 Å². The largest absolute Gasteiger partial charge is 0.306 e. The zero-order valence-electron chi connectivity index (χ0n) is 8.34. The highest BCUT2D eigenvalue weighted by molar-refractivity contribution is 5.80. The minimum atomic E-state index is 0.218. The molecular formula is C10H19NO. The molecule has 0 bridgehead atoms. The van der Waals surface area contributed by atoms with E-state index in [9.17, 15) is 4.79 Å². The lowest BCUT2D eigenvalue weighted by atomic mass is 9.96. The van der Waals surface area contributed by atoms with Crippen LogP contribution in [-0.2, 0) is 4.79 Å². The number of carbonyl (C=O) groups is 1. The van der Waals surface area contributed by atoms with Crippen molar-refractivity contribution in [2.24, 2.45) is 11.8 Å². The Kier molecular flexibility index (Phi) is 3.27. The van der Waals surface area contributed by atoms with Crippen molar-refractivity contribution in [1.29, 1.82) is 0 Å². The van der Waals surface area contributed by atoms with Crippen LogP contribution in [0.25, 0.3) is 0 Å². The summed E-state index contributed by atoms with van der Waals surface area (Å²) in [4.78, 5) is 13.7. The number of hydrogen-bond donors (Lipinski definition) is 0. The van der Waals surface area contributed by atoms with E-state index in [4.69, 9.17) is 0 Å². The van der Waals surface area contributed by atoms with Crippen LogP contribution in [0.2, 0.25) is 0 Å². The molecule has 2 heteroatoms. The Hall–Kier alpha value is -0.370. The highest BCUT2D eigenvalue weighted by Gasteiger charge is 2.22. The Balaban J connectivity index is 2.28. The monoisotopic (exact) mass is 169 g/mol. The Labute approximate surface area is 74.9 Å². The second kappa shape index (κ2) is 4.04. The van der Waals surface area contributed by atoms with Gasteiger partial charge in [0, 0.05) is 18.9 Å². The highest BCUT2D eigenvalue weighted by Crippen LogP contribution is 2.19. The van der Waals surface area contributed by atoms with Crippen LogP contribution in [-0.4, -0.2) is 30.8 Å². The number of carbonyl (C=O) groups excluding carboxylic acids is 1. The van der Waals surface area contributed by atoms with Gasteiger partial charge in [-0.05, 0) is 25.9 Å². The molecule has 1 heterocycles. The van der Waals surface area contributed by atoms with Crippen LogP contribution in [0.15, 0.2) is 0 Å². The molecular weight excluding hydrogens is 150 g/mol. The van der Waals surface area contributed by atoms with Gasteiger partial charge >= 0.3 is 0 Å². The number of rotatable bonds is 3. The third-order valence-electron chi connectivity index (χ3n) is 2.62. The van der Waals surface area contributed by atoms with Gasteiger partial charge in [0.15, 0.2) is 0 Å². The average molecular weight is 169 g/mol. The minimum Gasteiger partial charge on any atom is -0.306 e. The van der Waals surface area contributed by atoms with Gasteiger partial charge < -0.3 is 4.90 Å². The lowest BCUT2D eigenvalue weighted by Crippen LogP contribution is -2.17. The van der Waals surface area contributed by atoms with Crippen LogP contribution in [0.1, 0.15) is 26.7 Å². The molecule has 1 fully saturated rings. The second-order valence-electron chi connectivity index (χ2n) is 4.24. The number of hydrogen-bond acceptors (Lipinski definition) is 2. The molecule has 1 aliphatic rings. The van der Waals surface area contributed by atoms with Crippen LogP contribution in [0.4, 0.5) is 0 Å². The Morgan fingerprint density at radius 3 is 2.67 bits per heavy atom. The second-order valence-corrected chi connectivity index (χ2v) is 4.24. The molecule has 12 heavy (non-hydrogen) atoms. The fraction of sp³-hybridized carbons (Fsp3) is 0.900. The molecule has 0 N–H and O–H groups in total. The molecule has 1 atom stereocenters. The van der Waals surface area contributed by atoms with E-state index in [0.717, 1.165) is 19.5 Å². The molecule has 1 rings (SSSR count). The molecule has 0 radical (unpaired) electrons. The van der Waals surface area contributed by atoms with Crippen molar-refractivity contribution < 1.29 is 4.79 Å². The van der Waals surface area contributed by atoms with Crippen molar-refractivity contribution in [3.8, 4) is 0 Å². The number of Topliss-reactive ketones (excluding diaryl/α,β-unsaturated/α-hetero) is 1. The van der Waals surface area contributed by atoms with Gasteiger partial charge in [-0.2, -0.15) is 0 Å². The number of nitrogens with zero attached hydrogens (tertiary/aromatic N) is 1. The first-order valence-electron chi connectivity index (χ1n) is 4.81. The SMILES string of the molecule is CC(C)C(=O)C[C@@H]1CCN(C)C1. The summed E-state index contributed by atoms with van der Waals surface area (Å²) in [6.07, 6.45) is 2.00. The van der Waals surface area contributed by atoms with Crippen molar-refractivity contribution >= 4 is 5.78 Å². The van der Waals surface area contributed by atoms with Gasteiger partial charge in [0.25, 0.3) is 0 Å². The molecule has 2 nitrogen and oxygen atoms in total. The minimum absolute atomic E-state index is 0.218. The van der Waals surface area contributed by atoms with E-state index < -0.39 is 0 Å². The van der Waals surface area contributed by atoms with E-state index in [0.29, 0.717) is 11.7 Å². The van der Waals surface area contributed by atoms with Crippen LogP contribution in [0, 0.1) is 11.8 Å². The fourth-order valence-electron chi connectivity index (χ4n) is 1.71. The zero-order chi connectivity index (χ0) is 9.14. The predicted molar refractivity (Wildman–Crippen MR) is 50.1 cm³/mol. The fourth-order valence-corrected chi connectivity index (χ4v) is 1.71. The molecule has 1 aliphatic heterocycles. The molecule has 0 aromatic heterocycles.